The van der Waals surface area contributed by atoms with Crippen LogP contribution in [-0.4, -0.2) is 61.7 Å². The van der Waals surface area contributed by atoms with Crippen molar-refractivity contribution in [1.82, 2.24) is 15.2 Å². The number of carbonyl (C=O) groups excluding carboxylic acids is 1. The number of nitrogens with one attached hydrogen (secondary N) is 1. The Morgan fingerprint density at radius 3 is 3.04 bits per heavy atom. The highest BCUT2D eigenvalue weighted by Gasteiger charge is 2.28. The van der Waals surface area contributed by atoms with E-state index in [1.165, 1.54) is 0 Å². The van der Waals surface area contributed by atoms with Gasteiger partial charge in [0.15, 0.2) is 5.96 Å². The maximum Gasteiger partial charge on any atom is 0.310 e. The molecule has 2 heterocycles. The standard InChI is InChI=1S/C17H25ClN4O3/c1-3-24-16(23)13-5-4-9-22(12-13)17(19-2)20-8-10-25-15-7-6-14(18)11-21-15/h6-7,11,13H,3-5,8-10,12H2,1-2H3,(H,19,20)/t13-/m0/s1. The van der Waals surface area contributed by atoms with Crippen LogP contribution in [0, 0.1) is 5.92 Å². The summed E-state index contributed by atoms with van der Waals surface area (Å²) in [7, 11) is 1.73. The predicted molar refractivity (Wildman–Crippen MR) is 97.0 cm³/mol. The van der Waals surface area contributed by atoms with Gasteiger partial charge in [-0.05, 0) is 25.8 Å². The summed E-state index contributed by atoms with van der Waals surface area (Å²) in [6.45, 7) is 4.76. The minimum absolute atomic E-state index is 0.0956. The molecule has 138 valence electrons. The molecule has 7 nitrogen and oxygen atoms in total. The molecular formula is C17H25ClN4O3. The van der Waals surface area contributed by atoms with E-state index in [4.69, 9.17) is 21.1 Å². The number of carbonyl (C=O) groups is 1. The normalized spacial score (nSPS) is 18.0. The number of likely N-dealkylation sites (tertiary alicyclic amines) is 1. The molecule has 1 atom stereocenters. The fraction of sp³-hybridized carbons (Fsp3) is 0.588. The van der Waals surface area contributed by atoms with Gasteiger partial charge in [0.05, 0.1) is 24.1 Å². The number of guanidine groups is 1. The Kier molecular flexibility index (Phi) is 7.78. The minimum atomic E-state index is -0.125. The smallest absolute Gasteiger partial charge is 0.310 e. The van der Waals surface area contributed by atoms with E-state index in [9.17, 15) is 4.79 Å². The molecule has 1 aromatic heterocycles. The first-order valence-electron chi connectivity index (χ1n) is 8.50. The van der Waals surface area contributed by atoms with Crippen LogP contribution in [0.2, 0.25) is 5.02 Å². The monoisotopic (exact) mass is 368 g/mol. The molecule has 0 bridgehead atoms. The van der Waals surface area contributed by atoms with Crippen molar-refractivity contribution >= 4 is 23.5 Å². The molecule has 0 unspecified atom stereocenters. The van der Waals surface area contributed by atoms with Crippen molar-refractivity contribution < 1.29 is 14.3 Å². The number of ether oxygens (including phenoxy) is 2. The van der Waals surface area contributed by atoms with Crippen LogP contribution in [-0.2, 0) is 9.53 Å². The lowest BCUT2D eigenvalue weighted by Crippen LogP contribution is -2.49. The summed E-state index contributed by atoms with van der Waals surface area (Å²) < 4.78 is 10.7. The van der Waals surface area contributed by atoms with Crippen molar-refractivity contribution in [3.63, 3.8) is 0 Å². The Morgan fingerprint density at radius 1 is 1.52 bits per heavy atom. The number of aliphatic imine (C=N–C) groups is 1. The number of hydrogen-bond acceptors (Lipinski definition) is 5. The van der Waals surface area contributed by atoms with Crippen LogP contribution in [0.1, 0.15) is 19.8 Å². The fourth-order valence-corrected chi connectivity index (χ4v) is 2.83. The number of pyridine rings is 1. The van der Waals surface area contributed by atoms with Crippen LogP contribution in [0.25, 0.3) is 0 Å². The lowest BCUT2D eigenvalue weighted by molar-refractivity contribution is -0.149. The Bertz CT molecular complexity index is 580. The minimum Gasteiger partial charge on any atom is -0.476 e. The maximum atomic E-state index is 12.0. The summed E-state index contributed by atoms with van der Waals surface area (Å²) in [4.78, 5) is 22.4. The van der Waals surface area contributed by atoms with Gasteiger partial charge in [0.2, 0.25) is 5.88 Å². The molecule has 0 spiro atoms. The van der Waals surface area contributed by atoms with Crippen LogP contribution < -0.4 is 10.1 Å². The lowest BCUT2D eigenvalue weighted by atomic mass is 9.98. The summed E-state index contributed by atoms with van der Waals surface area (Å²) in [5.74, 6) is 1.07. The summed E-state index contributed by atoms with van der Waals surface area (Å²) in [6.07, 6.45) is 3.35. The molecule has 1 aliphatic heterocycles. The fourth-order valence-electron chi connectivity index (χ4n) is 2.72. The number of nitrogens with zero attached hydrogens (tertiary/aromatic N) is 3. The molecule has 2 rings (SSSR count). The lowest BCUT2D eigenvalue weighted by Gasteiger charge is -2.33. The van der Waals surface area contributed by atoms with Gasteiger partial charge in [-0.1, -0.05) is 11.6 Å². The number of halogens is 1. The zero-order valence-corrected chi connectivity index (χ0v) is 15.5. The Morgan fingerprint density at radius 2 is 2.36 bits per heavy atom. The second-order valence-electron chi connectivity index (χ2n) is 5.67. The van der Waals surface area contributed by atoms with E-state index < -0.39 is 0 Å². The second kappa shape index (κ2) is 10.1. The van der Waals surface area contributed by atoms with Crippen LogP contribution in [0.3, 0.4) is 0 Å². The van der Waals surface area contributed by atoms with Crippen molar-refractivity contribution in [3.8, 4) is 5.88 Å². The molecule has 1 N–H and O–H groups in total. The highest BCUT2D eigenvalue weighted by Crippen LogP contribution is 2.18. The van der Waals surface area contributed by atoms with E-state index in [1.807, 2.05) is 6.92 Å². The zero-order chi connectivity index (χ0) is 18.1. The van der Waals surface area contributed by atoms with Crippen molar-refractivity contribution in [2.45, 2.75) is 19.8 Å². The van der Waals surface area contributed by atoms with Crippen molar-refractivity contribution in [3.05, 3.63) is 23.4 Å². The third-order valence-corrected chi connectivity index (χ3v) is 4.11. The molecule has 0 radical (unpaired) electrons. The Labute approximate surface area is 153 Å². The zero-order valence-electron chi connectivity index (χ0n) is 14.7. The third-order valence-electron chi connectivity index (χ3n) is 3.89. The molecule has 0 saturated carbocycles. The molecular weight excluding hydrogens is 344 g/mol. The van der Waals surface area contributed by atoms with Gasteiger partial charge >= 0.3 is 5.97 Å². The van der Waals surface area contributed by atoms with Gasteiger partial charge in [0.25, 0.3) is 0 Å². The largest absolute Gasteiger partial charge is 0.476 e. The quantitative estimate of drug-likeness (QED) is 0.358. The van der Waals surface area contributed by atoms with E-state index in [0.29, 0.717) is 37.2 Å². The van der Waals surface area contributed by atoms with Crippen molar-refractivity contribution in [2.75, 3.05) is 39.9 Å². The van der Waals surface area contributed by atoms with Gasteiger partial charge in [0, 0.05) is 32.4 Å². The van der Waals surface area contributed by atoms with Gasteiger partial charge in [-0.2, -0.15) is 0 Å². The van der Waals surface area contributed by atoms with Gasteiger partial charge in [-0.3, -0.25) is 9.79 Å². The van der Waals surface area contributed by atoms with Crippen molar-refractivity contribution in [2.24, 2.45) is 10.9 Å². The molecule has 0 aliphatic carbocycles. The number of aromatic nitrogens is 1. The molecule has 1 aromatic rings. The molecule has 0 amide bonds. The average Bonchev–Trinajstić information content (AvgIpc) is 2.63. The molecule has 0 aromatic carbocycles. The summed E-state index contributed by atoms with van der Waals surface area (Å²) >= 11 is 5.79. The molecule has 1 aliphatic rings. The predicted octanol–water partition coefficient (Wildman–Crippen LogP) is 1.96. The molecule has 1 fully saturated rings. The summed E-state index contributed by atoms with van der Waals surface area (Å²) in [5.41, 5.74) is 0. The van der Waals surface area contributed by atoms with Gasteiger partial charge in [-0.25, -0.2) is 4.98 Å². The number of esters is 1. The van der Waals surface area contributed by atoms with E-state index in [-0.39, 0.29) is 11.9 Å². The van der Waals surface area contributed by atoms with Crippen LogP contribution in [0.15, 0.2) is 23.3 Å². The van der Waals surface area contributed by atoms with Crippen LogP contribution >= 0.6 is 11.6 Å². The highest BCUT2D eigenvalue weighted by molar-refractivity contribution is 6.30. The van der Waals surface area contributed by atoms with E-state index >= 15 is 0 Å². The first-order valence-corrected chi connectivity index (χ1v) is 8.88. The van der Waals surface area contributed by atoms with Crippen LogP contribution in [0.5, 0.6) is 5.88 Å². The van der Waals surface area contributed by atoms with Gasteiger partial charge in [-0.15, -0.1) is 0 Å². The number of hydrogen-bond donors (Lipinski definition) is 1. The van der Waals surface area contributed by atoms with Gasteiger partial charge in [0.1, 0.15) is 6.61 Å². The molecule has 1 saturated heterocycles. The number of piperidine rings is 1. The Balaban J connectivity index is 1.77. The Hall–Kier alpha value is -2.02. The van der Waals surface area contributed by atoms with Crippen LogP contribution in [0.4, 0.5) is 0 Å². The first kappa shape index (κ1) is 19.3. The van der Waals surface area contributed by atoms with E-state index in [2.05, 4.69) is 20.2 Å². The highest BCUT2D eigenvalue weighted by atomic mass is 35.5. The third kappa shape index (κ3) is 6.08. The number of rotatable bonds is 6. The van der Waals surface area contributed by atoms with Crippen molar-refractivity contribution in [1.29, 1.82) is 0 Å². The SMILES string of the molecule is CCOC(=O)[C@H]1CCCN(C(=NC)NCCOc2ccc(Cl)cn2)C1. The maximum absolute atomic E-state index is 12.0. The summed E-state index contributed by atoms with van der Waals surface area (Å²) in [6, 6.07) is 3.46. The summed E-state index contributed by atoms with van der Waals surface area (Å²) in [5, 5.41) is 3.83. The van der Waals surface area contributed by atoms with Gasteiger partial charge < -0.3 is 19.7 Å². The van der Waals surface area contributed by atoms with E-state index in [1.54, 1.807) is 25.4 Å². The average molecular weight is 369 g/mol. The topological polar surface area (TPSA) is 76.0 Å². The first-order chi connectivity index (χ1) is 12.1. The van der Waals surface area contributed by atoms with E-state index in [0.717, 1.165) is 25.3 Å². The molecule has 8 heteroatoms. The molecule has 25 heavy (non-hydrogen) atoms. The second-order valence-corrected chi connectivity index (χ2v) is 6.11.